The quantitative estimate of drug-likeness (QED) is 0.409. The van der Waals surface area contributed by atoms with Gasteiger partial charge in [-0.05, 0) is 35.4 Å². The summed E-state index contributed by atoms with van der Waals surface area (Å²) < 4.78 is 28.4. The lowest BCUT2D eigenvalue weighted by molar-refractivity contribution is 0.594. The van der Waals surface area contributed by atoms with Crippen LogP contribution in [0.4, 0.5) is 0 Å². The number of nitrogens with zero attached hydrogens (tertiary/aromatic N) is 1. The highest BCUT2D eigenvalue weighted by molar-refractivity contribution is 7.91. The van der Waals surface area contributed by atoms with E-state index in [-0.39, 0.29) is 0 Å². The van der Waals surface area contributed by atoms with E-state index in [9.17, 15) is 8.42 Å². The Morgan fingerprint density at radius 1 is 0.821 bits per heavy atom. The van der Waals surface area contributed by atoms with Gasteiger partial charge in [-0.15, -0.1) is 0 Å². The van der Waals surface area contributed by atoms with Crippen LogP contribution in [-0.2, 0) is 16.4 Å². The van der Waals surface area contributed by atoms with Gasteiger partial charge in [0.25, 0.3) is 0 Å². The third-order valence-electron chi connectivity index (χ3n) is 5.05. The number of hydrogen-bond donors (Lipinski definition) is 0. The first-order valence-electron chi connectivity index (χ1n) is 9.59. The Hall–Kier alpha value is -2.85. The van der Waals surface area contributed by atoms with E-state index in [2.05, 4.69) is 35.8 Å². The van der Waals surface area contributed by atoms with Gasteiger partial charge < -0.3 is 4.57 Å². The van der Waals surface area contributed by atoms with E-state index < -0.39 is 9.84 Å². The minimum absolute atomic E-state index is 0.326. The molecule has 3 aromatic carbocycles. The molecule has 1 aromatic heterocycles. The zero-order valence-electron chi connectivity index (χ0n) is 15.9. The molecule has 4 aromatic rings. The van der Waals surface area contributed by atoms with Crippen LogP contribution < -0.4 is 0 Å². The first kappa shape index (κ1) is 18.5. The smallest absolute Gasteiger partial charge is 0.208 e. The van der Waals surface area contributed by atoms with Crippen LogP contribution in [0, 0.1) is 0 Å². The second kappa shape index (κ2) is 7.64. The molecule has 0 spiro atoms. The lowest BCUT2D eigenvalue weighted by Crippen LogP contribution is -2.01. The summed E-state index contributed by atoms with van der Waals surface area (Å²) in [5, 5.41) is 2.28. The summed E-state index contributed by atoms with van der Waals surface area (Å²) in [7, 11) is -3.55. The van der Waals surface area contributed by atoms with Gasteiger partial charge in [-0.3, -0.25) is 0 Å². The molecule has 142 valence electrons. The highest BCUT2D eigenvalue weighted by Crippen LogP contribution is 2.33. The maximum absolute atomic E-state index is 13.2. The highest BCUT2D eigenvalue weighted by atomic mass is 32.2. The molecule has 0 bridgehead atoms. The minimum Gasteiger partial charge on any atom is -0.346 e. The average molecular weight is 390 g/mol. The molecule has 0 aliphatic rings. The zero-order valence-corrected chi connectivity index (χ0v) is 16.7. The van der Waals surface area contributed by atoms with Crippen molar-refractivity contribution in [1.29, 1.82) is 0 Å². The summed E-state index contributed by atoms with van der Waals surface area (Å²) in [4.78, 5) is 0.671. The predicted molar refractivity (Wildman–Crippen MR) is 114 cm³/mol. The van der Waals surface area contributed by atoms with Crippen molar-refractivity contribution in [3.63, 3.8) is 0 Å². The van der Waals surface area contributed by atoms with Gasteiger partial charge >= 0.3 is 0 Å². The third-order valence-corrected chi connectivity index (χ3v) is 6.79. The van der Waals surface area contributed by atoms with Crippen LogP contribution >= 0.6 is 0 Å². The maximum atomic E-state index is 13.2. The number of hydrogen-bond acceptors (Lipinski definition) is 2. The summed E-state index contributed by atoms with van der Waals surface area (Å²) in [5.74, 6) is 0. The average Bonchev–Trinajstić information content (AvgIpc) is 3.17. The Morgan fingerprint density at radius 3 is 2.32 bits per heavy atom. The minimum atomic E-state index is -3.55. The van der Waals surface area contributed by atoms with Crippen molar-refractivity contribution in [3.05, 3.63) is 85.1 Å². The Balaban J connectivity index is 1.90. The fraction of sp³-hybridized carbons (Fsp3) is 0.167. The van der Waals surface area contributed by atoms with Gasteiger partial charge in [0.2, 0.25) is 9.84 Å². The molecule has 0 saturated heterocycles. The molecule has 28 heavy (non-hydrogen) atoms. The van der Waals surface area contributed by atoms with Gasteiger partial charge in [0.1, 0.15) is 0 Å². The van der Waals surface area contributed by atoms with Crippen LogP contribution in [0.5, 0.6) is 0 Å². The van der Waals surface area contributed by atoms with E-state index >= 15 is 0 Å². The molecular weight excluding hydrogens is 366 g/mol. The van der Waals surface area contributed by atoms with Crippen LogP contribution in [0.15, 0.2) is 94.9 Å². The normalized spacial score (nSPS) is 11.8. The van der Waals surface area contributed by atoms with E-state index in [1.807, 2.05) is 30.3 Å². The predicted octanol–water partition coefficient (Wildman–Crippen LogP) is 5.94. The lowest BCUT2D eigenvalue weighted by Gasteiger charge is -2.11. The van der Waals surface area contributed by atoms with Crippen molar-refractivity contribution < 1.29 is 8.42 Å². The van der Waals surface area contributed by atoms with Gasteiger partial charge in [-0.1, -0.05) is 74.0 Å². The van der Waals surface area contributed by atoms with Gasteiger partial charge in [0, 0.05) is 24.0 Å². The summed E-state index contributed by atoms with van der Waals surface area (Å²) >= 11 is 0. The molecule has 0 fully saturated rings. The zero-order chi connectivity index (χ0) is 19.6. The molecule has 0 radical (unpaired) electrons. The second-order valence-corrected chi connectivity index (χ2v) is 8.90. The fourth-order valence-electron chi connectivity index (χ4n) is 3.56. The van der Waals surface area contributed by atoms with Gasteiger partial charge in [-0.25, -0.2) is 8.42 Å². The van der Waals surface area contributed by atoms with Crippen LogP contribution in [0.3, 0.4) is 0 Å². The number of benzene rings is 3. The van der Waals surface area contributed by atoms with Crippen molar-refractivity contribution in [2.75, 3.05) is 0 Å². The summed E-state index contributed by atoms with van der Waals surface area (Å²) in [6.45, 7) is 2.93. The van der Waals surface area contributed by atoms with Gasteiger partial charge in [0.15, 0.2) is 0 Å². The van der Waals surface area contributed by atoms with Gasteiger partial charge in [-0.2, -0.15) is 0 Å². The summed E-state index contributed by atoms with van der Waals surface area (Å²) in [6, 6.07) is 24.9. The van der Waals surface area contributed by atoms with Crippen molar-refractivity contribution in [2.24, 2.45) is 0 Å². The maximum Gasteiger partial charge on any atom is 0.208 e. The molecule has 0 unspecified atom stereocenters. The monoisotopic (exact) mass is 389 g/mol. The SMILES string of the molecule is CCCCn1cc(S(=O)(=O)c2ccccc2)cc1-c1cccc2ccccc12. The number of aromatic nitrogens is 1. The molecule has 4 heteroatoms. The number of fused-ring (bicyclic) bond motifs is 1. The fourth-order valence-corrected chi connectivity index (χ4v) is 4.88. The Kier molecular flexibility index (Phi) is 5.05. The Morgan fingerprint density at radius 2 is 1.54 bits per heavy atom. The molecular formula is C24H23NO2S. The molecule has 0 aliphatic carbocycles. The van der Waals surface area contributed by atoms with Crippen LogP contribution in [0.25, 0.3) is 22.0 Å². The van der Waals surface area contributed by atoms with E-state index in [0.29, 0.717) is 9.79 Å². The lowest BCUT2D eigenvalue weighted by atomic mass is 10.0. The van der Waals surface area contributed by atoms with Crippen molar-refractivity contribution in [3.8, 4) is 11.3 Å². The van der Waals surface area contributed by atoms with Gasteiger partial charge in [0.05, 0.1) is 9.79 Å². The molecule has 4 rings (SSSR count). The third kappa shape index (κ3) is 3.36. The second-order valence-electron chi connectivity index (χ2n) is 6.95. The summed E-state index contributed by atoms with van der Waals surface area (Å²) in [6.07, 6.45) is 3.83. The topological polar surface area (TPSA) is 39.1 Å². The first-order chi connectivity index (χ1) is 13.6. The molecule has 0 N–H and O–H groups in total. The standard InChI is InChI=1S/C24H23NO2S/c1-2-3-16-25-18-21(28(26,27)20-12-5-4-6-13-20)17-24(25)23-15-9-11-19-10-7-8-14-22(19)23/h4-15,17-18H,2-3,16H2,1H3. The first-order valence-corrected chi connectivity index (χ1v) is 11.1. The Labute approximate surface area is 166 Å². The van der Waals surface area contributed by atoms with Crippen molar-refractivity contribution in [2.45, 2.75) is 36.1 Å². The molecule has 1 heterocycles. The van der Waals surface area contributed by atoms with Crippen LogP contribution in [-0.4, -0.2) is 13.0 Å². The molecule has 0 aliphatic heterocycles. The molecule has 0 amide bonds. The molecule has 0 saturated carbocycles. The van der Waals surface area contributed by atoms with Crippen LogP contribution in [0.2, 0.25) is 0 Å². The number of unbranched alkanes of at least 4 members (excludes halogenated alkanes) is 1. The highest BCUT2D eigenvalue weighted by Gasteiger charge is 2.22. The van der Waals surface area contributed by atoms with E-state index in [1.165, 1.54) is 0 Å². The van der Waals surface area contributed by atoms with Crippen LogP contribution in [0.1, 0.15) is 19.8 Å². The van der Waals surface area contributed by atoms with Crippen molar-refractivity contribution >= 4 is 20.6 Å². The number of rotatable bonds is 6. The van der Waals surface area contributed by atoms with E-state index in [1.54, 1.807) is 30.5 Å². The number of aryl methyl sites for hydroxylation is 1. The number of sulfone groups is 1. The van der Waals surface area contributed by atoms with Crippen molar-refractivity contribution in [1.82, 2.24) is 4.57 Å². The van der Waals surface area contributed by atoms with E-state index in [0.717, 1.165) is 41.4 Å². The molecule has 3 nitrogen and oxygen atoms in total. The summed E-state index contributed by atoms with van der Waals surface area (Å²) in [5.41, 5.74) is 2.00. The largest absolute Gasteiger partial charge is 0.346 e. The molecule has 0 atom stereocenters. The van der Waals surface area contributed by atoms with E-state index in [4.69, 9.17) is 0 Å². The Bertz CT molecular complexity index is 1200.